The summed E-state index contributed by atoms with van der Waals surface area (Å²) < 4.78 is 0. The second-order valence-electron chi connectivity index (χ2n) is 6.57. The highest BCUT2D eigenvalue weighted by Gasteiger charge is 2.36. The van der Waals surface area contributed by atoms with Gasteiger partial charge in [-0.15, -0.1) is 0 Å². The fourth-order valence-electron chi connectivity index (χ4n) is 2.91. The Morgan fingerprint density at radius 3 is 2.71 bits per heavy atom. The molecule has 1 fully saturated rings. The van der Waals surface area contributed by atoms with Crippen molar-refractivity contribution in [3.63, 3.8) is 0 Å². The number of aliphatic hydroxyl groups is 1. The Morgan fingerprint density at radius 2 is 2.12 bits per heavy atom. The number of nitrogens with two attached hydrogens (primary N) is 1. The number of hydrogen-bond acceptors (Lipinski definition) is 3. The van der Waals surface area contributed by atoms with Crippen molar-refractivity contribution >= 4 is 0 Å². The van der Waals surface area contributed by atoms with Crippen molar-refractivity contribution in [3.05, 3.63) is 0 Å². The quantitative estimate of drug-likeness (QED) is 0.773. The molecule has 0 bridgehead atoms. The van der Waals surface area contributed by atoms with Gasteiger partial charge in [0.05, 0.1) is 6.10 Å². The third kappa shape index (κ3) is 4.57. The zero-order chi connectivity index (χ0) is 13.1. The van der Waals surface area contributed by atoms with Crippen molar-refractivity contribution < 1.29 is 5.11 Å². The fraction of sp³-hybridized carbons (Fsp3) is 1.00. The van der Waals surface area contributed by atoms with E-state index in [2.05, 4.69) is 25.8 Å². The van der Waals surface area contributed by atoms with Crippen molar-refractivity contribution in [2.75, 3.05) is 20.1 Å². The molecule has 17 heavy (non-hydrogen) atoms. The molecule has 3 N–H and O–H groups in total. The molecule has 0 radical (unpaired) electrons. The Bertz CT molecular complexity index is 228. The van der Waals surface area contributed by atoms with E-state index < -0.39 is 0 Å². The molecular weight excluding hydrogens is 212 g/mol. The first-order chi connectivity index (χ1) is 7.83. The van der Waals surface area contributed by atoms with Crippen LogP contribution in [0.1, 0.15) is 46.5 Å². The van der Waals surface area contributed by atoms with Crippen molar-refractivity contribution in [1.29, 1.82) is 0 Å². The van der Waals surface area contributed by atoms with Crippen LogP contribution in [0.5, 0.6) is 0 Å². The van der Waals surface area contributed by atoms with Gasteiger partial charge in [-0.2, -0.15) is 0 Å². The van der Waals surface area contributed by atoms with Crippen LogP contribution in [0.15, 0.2) is 0 Å². The molecule has 0 aromatic carbocycles. The van der Waals surface area contributed by atoms with E-state index in [9.17, 15) is 5.11 Å². The van der Waals surface area contributed by atoms with Gasteiger partial charge in [0.15, 0.2) is 0 Å². The van der Waals surface area contributed by atoms with Crippen LogP contribution in [0, 0.1) is 11.3 Å². The van der Waals surface area contributed by atoms with Crippen LogP contribution in [-0.2, 0) is 0 Å². The molecule has 0 aromatic rings. The molecule has 0 aliphatic heterocycles. The minimum atomic E-state index is -0.200. The molecule has 0 spiro atoms. The van der Waals surface area contributed by atoms with Crippen LogP contribution in [0.4, 0.5) is 0 Å². The first-order valence-corrected chi connectivity index (χ1v) is 6.95. The maximum Gasteiger partial charge on any atom is 0.0524 e. The number of aliphatic hydroxyl groups excluding tert-OH is 1. The van der Waals surface area contributed by atoms with Crippen LogP contribution in [0.2, 0.25) is 0 Å². The van der Waals surface area contributed by atoms with Gasteiger partial charge in [-0.1, -0.05) is 20.3 Å². The molecule has 3 unspecified atom stereocenters. The van der Waals surface area contributed by atoms with E-state index in [1.165, 1.54) is 19.3 Å². The smallest absolute Gasteiger partial charge is 0.0524 e. The summed E-state index contributed by atoms with van der Waals surface area (Å²) in [5.74, 6) is 0.609. The topological polar surface area (TPSA) is 49.5 Å². The monoisotopic (exact) mass is 242 g/mol. The maximum atomic E-state index is 9.29. The molecule has 3 atom stereocenters. The lowest BCUT2D eigenvalue weighted by Crippen LogP contribution is -2.49. The van der Waals surface area contributed by atoms with Crippen LogP contribution in [0.3, 0.4) is 0 Å². The third-order valence-electron chi connectivity index (χ3n) is 4.28. The highest BCUT2D eigenvalue weighted by atomic mass is 16.3. The molecule has 1 rings (SSSR count). The van der Waals surface area contributed by atoms with E-state index in [0.717, 1.165) is 19.5 Å². The van der Waals surface area contributed by atoms with E-state index in [1.807, 2.05) is 6.92 Å². The van der Waals surface area contributed by atoms with Crippen LogP contribution >= 0.6 is 0 Å². The Morgan fingerprint density at radius 1 is 1.47 bits per heavy atom. The summed E-state index contributed by atoms with van der Waals surface area (Å²) in [6.07, 6.45) is 4.46. The number of rotatable bonds is 5. The molecule has 0 saturated heterocycles. The van der Waals surface area contributed by atoms with Gasteiger partial charge in [0.1, 0.15) is 0 Å². The van der Waals surface area contributed by atoms with Crippen LogP contribution in [0.25, 0.3) is 0 Å². The maximum absolute atomic E-state index is 9.29. The third-order valence-corrected chi connectivity index (χ3v) is 4.28. The van der Waals surface area contributed by atoms with Crippen molar-refractivity contribution in [1.82, 2.24) is 4.90 Å². The highest BCUT2D eigenvalue weighted by molar-refractivity contribution is 4.92. The van der Waals surface area contributed by atoms with E-state index in [-0.39, 0.29) is 11.5 Å². The van der Waals surface area contributed by atoms with Crippen molar-refractivity contribution in [3.8, 4) is 0 Å². The Kier molecular flexibility index (Phi) is 5.42. The van der Waals surface area contributed by atoms with E-state index in [0.29, 0.717) is 12.0 Å². The standard InChI is InChI=1S/C14H30N2O/c1-11(17)7-9-16(4)10-12-6-5-8-14(2,3)13(12)15/h11-13,17H,5-10,15H2,1-4H3. The molecular formula is C14H30N2O. The molecule has 1 aliphatic rings. The summed E-state index contributed by atoms with van der Waals surface area (Å²) in [4.78, 5) is 2.32. The number of nitrogens with zero attached hydrogens (tertiary/aromatic N) is 1. The molecule has 1 aliphatic carbocycles. The van der Waals surface area contributed by atoms with Gasteiger partial charge in [0.25, 0.3) is 0 Å². The van der Waals surface area contributed by atoms with E-state index in [4.69, 9.17) is 5.73 Å². The predicted molar refractivity (Wildman–Crippen MR) is 72.9 cm³/mol. The van der Waals surface area contributed by atoms with Crippen molar-refractivity contribution in [2.45, 2.75) is 58.6 Å². The minimum absolute atomic E-state index is 0.200. The van der Waals surface area contributed by atoms with E-state index >= 15 is 0 Å². The Balaban J connectivity index is 2.39. The second kappa shape index (κ2) is 6.17. The summed E-state index contributed by atoms with van der Waals surface area (Å²) in [6, 6.07) is 0.310. The Labute approximate surface area is 106 Å². The first-order valence-electron chi connectivity index (χ1n) is 6.95. The van der Waals surface area contributed by atoms with E-state index in [1.54, 1.807) is 0 Å². The lowest BCUT2D eigenvalue weighted by molar-refractivity contribution is 0.102. The van der Waals surface area contributed by atoms with Crippen molar-refractivity contribution in [2.24, 2.45) is 17.1 Å². The molecule has 3 nitrogen and oxygen atoms in total. The zero-order valence-electron chi connectivity index (χ0n) is 11.9. The summed E-state index contributed by atoms with van der Waals surface area (Å²) in [5, 5.41) is 9.29. The van der Waals surface area contributed by atoms with Gasteiger partial charge >= 0.3 is 0 Å². The predicted octanol–water partition coefficient (Wildman–Crippen LogP) is 1.84. The summed E-state index contributed by atoms with van der Waals surface area (Å²) >= 11 is 0. The van der Waals surface area contributed by atoms with Gasteiger partial charge in [-0.25, -0.2) is 0 Å². The molecule has 0 aromatic heterocycles. The molecule has 0 amide bonds. The zero-order valence-corrected chi connectivity index (χ0v) is 11.9. The summed E-state index contributed by atoms with van der Waals surface area (Å²) in [5.41, 5.74) is 6.67. The second-order valence-corrected chi connectivity index (χ2v) is 6.57. The van der Waals surface area contributed by atoms with Gasteiger partial charge in [0.2, 0.25) is 0 Å². The minimum Gasteiger partial charge on any atom is -0.393 e. The normalized spacial score (nSPS) is 30.5. The Hall–Kier alpha value is -0.120. The lowest BCUT2D eigenvalue weighted by Gasteiger charge is -2.43. The molecule has 0 heterocycles. The van der Waals surface area contributed by atoms with Gasteiger partial charge in [-0.05, 0) is 44.6 Å². The van der Waals surface area contributed by atoms with Gasteiger partial charge in [0, 0.05) is 19.1 Å². The first kappa shape index (κ1) is 14.9. The van der Waals surface area contributed by atoms with Gasteiger partial charge < -0.3 is 15.7 Å². The largest absolute Gasteiger partial charge is 0.393 e. The molecule has 1 saturated carbocycles. The van der Waals surface area contributed by atoms with Crippen LogP contribution in [-0.4, -0.2) is 42.3 Å². The SMILES string of the molecule is CC(O)CCN(C)CC1CCCC(C)(C)C1N. The number of hydrogen-bond donors (Lipinski definition) is 2. The van der Waals surface area contributed by atoms with Gasteiger partial charge in [-0.3, -0.25) is 0 Å². The average Bonchev–Trinajstić information content (AvgIpc) is 2.22. The lowest BCUT2D eigenvalue weighted by atomic mass is 9.68. The van der Waals surface area contributed by atoms with Crippen LogP contribution < -0.4 is 5.73 Å². The molecule has 3 heteroatoms. The summed E-state index contributed by atoms with van der Waals surface area (Å²) in [6.45, 7) is 8.46. The average molecular weight is 242 g/mol. The molecule has 102 valence electrons. The summed E-state index contributed by atoms with van der Waals surface area (Å²) in [7, 11) is 2.14. The fourth-order valence-corrected chi connectivity index (χ4v) is 2.91. The highest BCUT2D eigenvalue weighted by Crippen LogP contribution is 2.37.